The van der Waals surface area contributed by atoms with Crippen molar-refractivity contribution < 1.29 is 37.7 Å². The molecule has 2 fully saturated rings. The third-order valence-electron chi connectivity index (χ3n) is 5.68. The van der Waals surface area contributed by atoms with Gasteiger partial charge in [0.2, 0.25) is 0 Å². The zero-order valence-corrected chi connectivity index (χ0v) is 21.3. The highest BCUT2D eigenvalue weighted by molar-refractivity contribution is 7.54. The van der Waals surface area contributed by atoms with E-state index in [0.717, 1.165) is 0 Å². The van der Waals surface area contributed by atoms with Gasteiger partial charge in [-0.05, 0) is 45.9 Å². The van der Waals surface area contributed by atoms with Crippen molar-refractivity contribution in [2.45, 2.75) is 63.9 Å². The summed E-state index contributed by atoms with van der Waals surface area (Å²) < 4.78 is 42.9. The van der Waals surface area contributed by atoms with Crippen LogP contribution in [0.2, 0.25) is 0 Å². The van der Waals surface area contributed by atoms with Crippen LogP contribution in [0.3, 0.4) is 0 Å². The number of amides is 1. The second-order valence-corrected chi connectivity index (χ2v) is 10.8. The summed E-state index contributed by atoms with van der Waals surface area (Å²) in [6.45, 7) is 6.70. The summed E-state index contributed by atoms with van der Waals surface area (Å²) in [5, 5.41) is 13.6. The van der Waals surface area contributed by atoms with Crippen molar-refractivity contribution in [3.05, 3.63) is 58.6 Å². The van der Waals surface area contributed by atoms with E-state index in [1.807, 2.05) is 0 Å². The highest BCUT2D eigenvalue weighted by Crippen LogP contribution is 2.57. The lowest BCUT2D eigenvalue weighted by Crippen LogP contribution is -2.39. The van der Waals surface area contributed by atoms with Gasteiger partial charge in [-0.3, -0.25) is 13.9 Å². The molecule has 2 N–H and O–H groups in total. The maximum Gasteiger partial charge on any atom is 0.361 e. The lowest BCUT2D eigenvalue weighted by molar-refractivity contribution is -0.204. The van der Waals surface area contributed by atoms with E-state index in [2.05, 4.69) is 10.3 Å². The molecular formula is C23H30N3O9P. The van der Waals surface area contributed by atoms with Gasteiger partial charge in [0.1, 0.15) is 24.1 Å². The van der Waals surface area contributed by atoms with E-state index in [-0.39, 0.29) is 19.0 Å². The Bertz CT molecular complexity index is 1180. The van der Waals surface area contributed by atoms with Crippen molar-refractivity contribution in [2.75, 3.05) is 18.5 Å². The first-order valence-electron chi connectivity index (χ1n) is 11.6. The predicted octanol–water partition coefficient (Wildman–Crippen LogP) is 2.50. The number of rotatable bonds is 9. The molecule has 1 amide bonds. The molecule has 0 radical (unpaired) electrons. The molecule has 12 nitrogen and oxygen atoms in total. The fraction of sp³-hybridized carbons (Fsp3) is 0.522. The van der Waals surface area contributed by atoms with Crippen LogP contribution in [0.5, 0.6) is 0 Å². The van der Waals surface area contributed by atoms with E-state index >= 15 is 0 Å². The number of fused-ring (bicyclic) bond motifs is 1. The second-order valence-electron chi connectivity index (χ2n) is 8.67. The average molecular weight is 523 g/mol. The molecule has 0 spiro atoms. The van der Waals surface area contributed by atoms with Crippen molar-refractivity contribution in [3.63, 3.8) is 0 Å². The van der Waals surface area contributed by atoms with Crippen LogP contribution in [0, 0.1) is 0 Å². The van der Waals surface area contributed by atoms with Gasteiger partial charge in [0.15, 0.2) is 17.9 Å². The van der Waals surface area contributed by atoms with Gasteiger partial charge in [0, 0.05) is 11.8 Å². The first kappa shape index (κ1) is 26.6. The SMILES string of the molecule is CCOP(=O)(OCC)[C@H](O)[C@H]1O[C@@H](n2ccc(NC(=O)c3ccccc3)nc2=O)[C@@H]2OC(C)(C)O[C@@H]21. The molecule has 2 aromatic rings. The number of aromatic nitrogens is 2. The molecule has 2 aliphatic rings. The summed E-state index contributed by atoms with van der Waals surface area (Å²) in [6, 6.07) is 9.94. The van der Waals surface area contributed by atoms with Crippen molar-refractivity contribution in [2.24, 2.45) is 0 Å². The number of ether oxygens (including phenoxy) is 3. The summed E-state index contributed by atoms with van der Waals surface area (Å²) in [7, 11) is -3.99. The molecule has 1 aromatic heterocycles. The Labute approximate surface area is 208 Å². The number of hydrogen-bond acceptors (Lipinski definition) is 10. The standard InChI is InChI=1S/C23H30N3O9P/c1-5-31-36(30,32-6-2)21(28)18-16-17(35-23(3,4)34-16)20(33-18)26-13-12-15(25-22(26)29)24-19(27)14-10-8-7-9-11-14/h7-13,16-18,20-21,28H,5-6H2,1-4H3,(H,24,25,27,29)/t16-,17+,18-,20+,21-/m0/s1. The Morgan fingerprint density at radius 2 is 1.81 bits per heavy atom. The number of hydrogen-bond donors (Lipinski definition) is 2. The van der Waals surface area contributed by atoms with E-state index in [1.54, 1.807) is 58.0 Å². The van der Waals surface area contributed by atoms with Crippen molar-refractivity contribution in [1.82, 2.24) is 9.55 Å². The fourth-order valence-electron chi connectivity index (χ4n) is 4.26. The zero-order valence-electron chi connectivity index (χ0n) is 20.4. The lowest BCUT2D eigenvalue weighted by Gasteiger charge is -2.30. The molecule has 4 rings (SSSR count). The first-order chi connectivity index (χ1) is 17.1. The van der Waals surface area contributed by atoms with Gasteiger partial charge in [-0.2, -0.15) is 4.98 Å². The number of benzene rings is 1. The lowest BCUT2D eigenvalue weighted by atomic mass is 10.1. The second kappa shape index (κ2) is 10.5. The molecule has 0 saturated carbocycles. The highest BCUT2D eigenvalue weighted by atomic mass is 31.2. The smallest absolute Gasteiger partial charge is 0.361 e. The summed E-state index contributed by atoms with van der Waals surface area (Å²) in [4.78, 5) is 29.3. The van der Waals surface area contributed by atoms with Gasteiger partial charge in [0.25, 0.3) is 5.91 Å². The molecule has 5 atom stereocenters. The van der Waals surface area contributed by atoms with E-state index in [1.165, 1.54) is 16.8 Å². The quantitative estimate of drug-likeness (QED) is 0.470. The van der Waals surface area contributed by atoms with Crippen LogP contribution in [0.4, 0.5) is 5.82 Å². The molecule has 0 aliphatic carbocycles. The Hall–Kier alpha value is -2.44. The van der Waals surface area contributed by atoms with E-state index in [9.17, 15) is 19.3 Å². The molecule has 36 heavy (non-hydrogen) atoms. The summed E-state index contributed by atoms with van der Waals surface area (Å²) in [6.07, 6.45) is -2.56. The topological polar surface area (TPSA) is 147 Å². The van der Waals surface area contributed by atoms with Gasteiger partial charge >= 0.3 is 13.3 Å². The number of carbonyl (C=O) groups excluding carboxylic acids is 1. The van der Waals surface area contributed by atoms with Crippen LogP contribution in [0.1, 0.15) is 44.3 Å². The van der Waals surface area contributed by atoms with Crippen LogP contribution >= 0.6 is 7.60 Å². The minimum Gasteiger partial charge on any atom is -0.378 e. The van der Waals surface area contributed by atoms with E-state index in [0.29, 0.717) is 5.56 Å². The molecule has 2 aliphatic heterocycles. The van der Waals surface area contributed by atoms with Gasteiger partial charge in [-0.25, -0.2) is 4.79 Å². The molecule has 196 valence electrons. The van der Waals surface area contributed by atoms with Crippen LogP contribution < -0.4 is 11.0 Å². The molecule has 1 aromatic carbocycles. The minimum atomic E-state index is -3.99. The number of anilines is 1. The highest BCUT2D eigenvalue weighted by Gasteiger charge is 2.61. The van der Waals surface area contributed by atoms with Crippen LogP contribution in [0.25, 0.3) is 0 Å². The third-order valence-corrected chi connectivity index (χ3v) is 7.86. The third kappa shape index (κ3) is 5.30. The van der Waals surface area contributed by atoms with Crippen LogP contribution in [-0.2, 0) is 27.8 Å². The predicted molar refractivity (Wildman–Crippen MR) is 127 cm³/mol. The first-order valence-corrected chi connectivity index (χ1v) is 13.2. The fourth-order valence-corrected chi connectivity index (χ4v) is 5.95. The molecule has 0 unspecified atom stereocenters. The van der Waals surface area contributed by atoms with Gasteiger partial charge in [0.05, 0.1) is 13.2 Å². The number of aliphatic hydroxyl groups excluding tert-OH is 1. The Kier molecular flexibility index (Phi) is 7.77. The van der Waals surface area contributed by atoms with Crippen molar-refractivity contribution in [1.29, 1.82) is 0 Å². The molecule has 0 bridgehead atoms. The van der Waals surface area contributed by atoms with Gasteiger partial charge in [-0.15, -0.1) is 0 Å². The average Bonchev–Trinajstić information content (AvgIpc) is 3.32. The van der Waals surface area contributed by atoms with Gasteiger partial charge in [-0.1, -0.05) is 18.2 Å². The monoisotopic (exact) mass is 523 g/mol. The summed E-state index contributed by atoms with van der Waals surface area (Å²) in [5.74, 6) is -3.12. The van der Waals surface area contributed by atoms with Crippen LogP contribution in [-0.4, -0.2) is 63.7 Å². The molecule has 2 saturated heterocycles. The summed E-state index contributed by atoms with van der Waals surface area (Å²) in [5.41, 5.74) is -0.320. The number of aliphatic hydroxyl groups is 1. The number of nitrogens with zero attached hydrogens (tertiary/aromatic N) is 2. The van der Waals surface area contributed by atoms with E-state index in [4.69, 9.17) is 23.3 Å². The maximum atomic E-state index is 13.2. The van der Waals surface area contributed by atoms with Gasteiger partial charge < -0.3 is 33.7 Å². The number of carbonyl (C=O) groups is 1. The normalized spacial score (nSPS) is 25.9. The maximum absolute atomic E-state index is 13.2. The Morgan fingerprint density at radius 1 is 1.17 bits per heavy atom. The van der Waals surface area contributed by atoms with Crippen molar-refractivity contribution >= 4 is 19.3 Å². The Morgan fingerprint density at radius 3 is 2.42 bits per heavy atom. The van der Waals surface area contributed by atoms with Crippen LogP contribution in [0.15, 0.2) is 47.4 Å². The Balaban J connectivity index is 1.60. The molecular weight excluding hydrogens is 493 g/mol. The number of nitrogens with one attached hydrogen (secondary N) is 1. The largest absolute Gasteiger partial charge is 0.378 e. The molecule has 3 heterocycles. The van der Waals surface area contributed by atoms with Crippen molar-refractivity contribution in [3.8, 4) is 0 Å². The minimum absolute atomic E-state index is 0.0426. The summed E-state index contributed by atoms with van der Waals surface area (Å²) >= 11 is 0. The molecule has 13 heteroatoms. The van der Waals surface area contributed by atoms with E-state index < -0.39 is 55.4 Å². The zero-order chi connectivity index (χ0) is 26.1.